The molecular weight excluding hydrogens is 320 g/mol. The Balaban J connectivity index is 1.69. The topological polar surface area (TPSA) is 24.9 Å². The number of hydrogen-bond acceptors (Lipinski definition) is 4. The molecule has 2 aromatic rings. The number of thiazole rings is 1. The van der Waals surface area contributed by atoms with Crippen LogP contribution in [0.15, 0.2) is 29.2 Å². The molecule has 0 saturated heterocycles. The van der Waals surface area contributed by atoms with Gasteiger partial charge in [-0.05, 0) is 44.0 Å². The summed E-state index contributed by atoms with van der Waals surface area (Å²) >= 11 is 9.72. The highest BCUT2D eigenvalue weighted by Crippen LogP contribution is 2.36. The van der Waals surface area contributed by atoms with Gasteiger partial charge in [-0.1, -0.05) is 24.6 Å². The Labute approximate surface area is 139 Å². The van der Waals surface area contributed by atoms with Crippen molar-refractivity contribution in [1.29, 1.82) is 0 Å². The maximum atomic E-state index is 6.03. The van der Waals surface area contributed by atoms with Crippen molar-refractivity contribution >= 4 is 34.7 Å². The fourth-order valence-corrected chi connectivity index (χ4v) is 5.10. The minimum atomic E-state index is 0.515. The first kappa shape index (κ1) is 15.3. The number of hydrogen-bond donors (Lipinski definition) is 1. The molecule has 5 heteroatoms. The molecule has 0 aliphatic heterocycles. The third kappa shape index (κ3) is 3.81. The van der Waals surface area contributed by atoms with Crippen LogP contribution in [-0.2, 0) is 12.2 Å². The number of thioether (sulfide) groups is 1. The lowest BCUT2D eigenvalue weighted by Crippen LogP contribution is -2.23. The average Bonchev–Trinajstić information content (AvgIpc) is 2.90. The third-order valence-corrected chi connectivity index (χ3v) is 6.24. The molecule has 1 aromatic carbocycles. The van der Waals surface area contributed by atoms with E-state index in [0.717, 1.165) is 23.7 Å². The maximum Gasteiger partial charge on any atom is 0.103 e. The number of fused-ring (bicyclic) bond motifs is 1. The number of benzene rings is 1. The lowest BCUT2D eigenvalue weighted by Gasteiger charge is -2.21. The molecule has 21 heavy (non-hydrogen) atoms. The number of nitrogens with one attached hydrogen (secondary N) is 1. The molecule has 3 rings (SSSR count). The van der Waals surface area contributed by atoms with E-state index in [2.05, 4.69) is 18.3 Å². The van der Waals surface area contributed by atoms with Gasteiger partial charge < -0.3 is 5.32 Å². The van der Waals surface area contributed by atoms with Gasteiger partial charge in [0.25, 0.3) is 0 Å². The maximum absolute atomic E-state index is 6.03. The van der Waals surface area contributed by atoms with Crippen molar-refractivity contribution in [3.8, 4) is 0 Å². The predicted octanol–water partition coefficient (Wildman–Crippen LogP) is 5.08. The van der Waals surface area contributed by atoms with Crippen molar-refractivity contribution < 1.29 is 0 Å². The number of aryl methyl sites for hydroxylation is 1. The van der Waals surface area contributed by atoms with Crippen LogP contribution >= 0.6 is 34.7 Å². The summed E-state index contributed by atoms with van der Waals surface area (Å²) in [4.78, 5) is 7.52. The van der Waals surface area contributed by atoms with Gasteiger partial charge in [0, 0.05) is 20.8 Å². The highest BCUT2D eigenvalue weighted by atomic mass is 35.5. The zero-order valence-electron chi connectivity index (χ0n) is 12.1. The summed E-state index contributed by atoms with van der Waals surface area (Å²) in [5, 5.41) is 5.61. The van der Waals surface area contributed by atoms with Gasteiger partial charge in [-0.15, -0.1) is 23.1 Å². The van der Waals surface area contributed by atoms with Crippen molar-refractivity contribution in [3.05, 3.63) is 44.9 Å². The molecule has 0 fully saturated rings. The van der Waals surface area contributed by atoms with E-state index in [1.165, 1.54) is 33.3 Å². The van der Waals surface area contributed by atoms with Gasteiger partial charge in [-0.25, -0.2) is 4.98 Å². The zero-order chi connectivity index (χ0) is 14.7. The highest BCUT2D eigenvalue weighted by Gasteiger charge is 2.23. The first-order valence-corrected chi connectivity index (χ1v) is 9.54. The molecule has 1 aliphatic rings. The molecule has 1 unspecified atom stereocenters. The lowest BCUT2D eigenvalue weighted by atomic mass is 9.98. The average molecular weight is 339 g/mol. The Bertz CT molecular complexity index is 612. The van der Waals surface area contributed by atoms with Crippen LogP contribution in [0.4, 0.5) is 0 Å². The lowest BCUT2D eigenvalue weighted by molar-refractivity contribution is 0.476. The standard InChI is InChI=1S/C16H19ClN2S2/c1-2-18-13-7-4-8-14-16(13)21-15(19-14)10-20-12-6-3-5-11(17)9-12/h3,5-6,9,13,18H,2,4,7-8,10H2,1H3. The van der Waals surface area contributed by atoms with E-state index in [-0.39, 0.29) is 0 Å². The van der Waals surface area contributed by atoms with E-state index in [0.29, 0.717) is 6.04 Å². The summed E-state index contributed by atoms with van der Waals surface area (Å²) in [5.41, 5.74) is 1.32. The van der Waals surface area contributed by atoms with E-state index in [1.54, 1.807) is 0 Å². The molecule has 0 radical (unpaired) electrons. The molecule has 1 N–H and O–H groups in total. The van der Waals surface area contributed by atoms with Gasteiger partial charge >= 0.3 is 0 Å². The van der Waals surface area contributed by atoms with E-state index >= 15 is 0 Å². The molecule has 112 valence electrons. The Morgan fingerprint density at radius 3 is 3.19 bits per heavy atom. The first-order chi connectivity index (χ1) is 10.3. The van der Waals surface area contributed by atoms with E-state index in [4.69, 9.17) is 16.6 Å². The molecule has 0 bridgehead atoms. The minimum absolute atomic E-state index is 0.515. The monoisotopic (exact) mass is 338 g/mol. The smallest absolute Gasteiger partial charge is 0.103 e. The zero-order valence-corrected chi connectivity index (χ0v) is 14.5. The van der Waals surface area contributed by atoms with Crippen molar-refractivity contribution in [2.75, 3.05) is 6.54 Å². The van der Waals surface area contributed by atoms with Crippen LogP contribution in [0.1, 0.15) is 41.4 Å². The quantitative estimate of drug-likeness (QED) is 0.770. The van der Waals surface area contributed by atoms with Crippen LogP contribution in [0, 0.1) is 0 Å². The molecule has 0 saturated carbocycles. The van der Waals surface area contributed by atoms with Crippen LogP contribution in [0.3, 0.4) is 0 Å². The molecule has 1 atom stereocenters. The van der Waals surface area contributed by atoms with E-state index in [1.807, 2.05) is 41.3 Å². The van der Waals surface area contributed by atoms with Crippen molar-refractivity contribution in [1.82, 2.24) is 10.3 Å². The molecule has 0 amide bonds. The Morgan fingerprint density at radius 2 is 2.38 bits per heavy atom. The van der Waals surface area contributed by atoms with Crippen LogP contribution in [-0.4, -0.2) is 11.5 Å². The number of nitrogens with zero attached hydrogens (tertiary/aromatic N) is 1. The second-order valence-electron chi connectivity index (χ2n) is 5.17. The van der Waals surface area contributed by atoms with E-state index in [9.17, 15) is 0 Å². The minimum Gasteiger partial charge on any atom is -0.309 e. The van der Waals surface area contributed by atoms with Gasteiger partial charge in [0.15, 0.2) is 0 Å². The summed E-state index contributed by atoms with van der Waals surface area (Å²) in [6, 6.07) is 8.54. The first-order valence-electron chi connectivity index (χ1n) is 7.36. The van der Waals surface area contributed by atoms with Crippen LogP contribution in [0.5, 0.6) is 0 Å². The Kier molecular flexibility index (Phi) is 5.22. The van der Waals surface area contributed by atoms with Gasteiger partial charge in [0.1, 0.15) is 5.01 Å². The Morgan fingerprint density at radius 1 is 1.48 bits per heavy atom. The second-order valence-corrected chi connectivity index (χ2v) is 7.77. The van der Waals surface area contributed by atoms with Crippen LogP contribution in [0.25, 0.3) is 0 Å². The molecule has 2 nitrogen and oxygen atoms in total. The van der Waals surface area contributed by atoms with Gasteiger partial charge in [-0.3, -0.25) is 0 Å². The van der Waals surface area contributed by atoms with Crippen molar-refractivity contribution in [3.63, 3.8) is 0 Å². The summed E-state index contributed by atoms with van der Waals surface area (Å²) in [7, 11) is 0. The fraction of sp³-hybridized carbons (Fsp3) is 0.438. The molecule has 0 spiro atoms. The SMILES string of the molecule is CCNC1CCCc2nc(CSc3cccc(Cl)c3)sc21. The van der Waals surface area contributed by atoms with Crippen molar-refractivity contribution in [2.24, 2.45) is 0 Å². The normalized spacial score (nSPS) is 17.7. The van der Waals surface area contributed by atoms with Crippen LogP contribution < -0.4 is 5.32 Å². The van der Waals surface area contributed by atoms with Gasteiger partial charge in [0.05, 0.1) is 11.4 Å². The third-order valence-electron chi connectivity index (χ3n) is 3.60. The number of rotatable bonds is 5. The molecular formula is C16H19ClN2S2. The van der Waals surface area contributed by atoms with Crippen molar-refractivity contribution in [2.45, 2.75) is 42.9 Å². The number of aromatic nitrogens is 1. The summed E-state index contributed by atoms with van der Waals surface area (Å²) in [6.45, 7) is 3.19. The number of halogens is 1. The molecule has 1 aromatic heterocycles. The Hall–Kier alpha value is -0.550. The predicted molar refractivity (Wildman–Crippen MR) is 92.5 cm³/mol. The summed E-state index contributed by atoms with van der Waals surface area (Å²) < 4.78 is 0. The molecule has 1 aliphatic carbocycles. The van der Waals surface area contributed by atoms with Gasteiger partial charge in [-0.2, -0.15) is 0 Å². The second kappa shape index (κ2) is 7.14. The van der Waals surface area contributed by atoms with E-state index < -0.39 is 0 Å². The van der Waals surface area contributed by atoms with Crippen LogP contribution in [0.2, 0.25) is 5.02 Å². The fourth-order valence-electron chi connectivity index (χ4n) is 2.68. The highest BCUT2D eigenvalue weighted by molar-refractivity contribution is 7.98. The summed E-state index contributed by atoms with van der Waals surface area (Å²) in [5.74, 6) is 0.927. The largest absolute Gasteiger partial charge is 0.309 e. The van der Waals surface area contributed by atoms with Gasteiger partial charge in [0.2, 0.25) is 0 Å². The summed E-state index contributed by atoms with van der Waals surface area (Å²) in [6.07, 6.45) is 3.62. The molecule has 1 heterocycles.